The van der Waals surface area contributed by atoms with Crippen LogP contribution in [0.2, 0.25) is 0 Å². The predicted molar refractivity (Wildman–Crippen MR) is 59.5 cm³/mol. The van der Waals surface area contributed by atoms with Gasteiger partial charge in [-0.15, -0.1) is 0 Å². The summed E-state index contributed by atoms with van der Waals surface area (Å²) in [5, 5.41) is 0. The highest BCUT2D eigenvalue weighted by Gasteiger charge is 1.98. The maximum atomic E-state index is 5.77. The first-order chi connectivity index (χ1) is 6.24. The number of rotatable bonds is 4. The van der Waals surface area contributed by atoms with E-state index >= 15 is 0 Å². The van der Waals surface area contributed by atoms with Gasteiger partial charge < -0.3 is 10.5 Å². The molecule has 0 fully saturated rings. The summed E-state index contributed by atoms with van der Waals surface area (Å²) >= 11 is 1.76. The monoisotopic (exact) mass is 197 g/mol. The smallest absolute Gasteiger partial charge is 0.142 e. The number of hydrogen-bond donors (Lipinski definition) is 1. The van der Waals surface area contributed by atoms with Crippen LogP contribution in [0.5, 0.6) is 5.75 Å². The van der Waals surface area contributed by atoms with Crippen molar-refractivity contribution in [3.63, 3.8) is 0 Å². The number of ether oxygens (including phenoxy) is 1. The molecule has 2 nitrogen and oxygen atoms in total. The summed E-state index contributed by atoms with van der Waals surface area (Å²) < 4.78 is 5.49. The van der Waals surface area contributed by atoms with Crippen molar-refractivity contribution in [2.24, 2.45) is 0 Å². The third kappa shape index (κ3) is 3.19. The minimum Gasteiger partial charge on any atom is -0.491 e. The minimum atomic E-state index is 0.717. The van der Waals surface area contributed by atoms with Crippen molar-refractivity contribution < 1.29 is 4.74 Å². The largest absolute Gasteiger partial charge is 0.491 e. The molecule has 0 aliphatic heterocycles. The van der Waals surface area contributed by atoms with Gasteiger partial charge in [-0.1, -0.05) is 6.07 Å². The molecule has 0 amide bonds. The molecule has 13 heavy (non-hydrogen) atoms. The lowest BCUT2D eigenvalue weighted by Crippen LogP contribution is -2.02. The second-order valence-corrected chi connectivity index (χ2v) is 3.87. The van der Waals surface area contributed by atoms with Gasteiger partial charge in [0.05, 0.1) is 12.3 Å². The summed E-state index contributed by atoms with van der Waals surface area (Å²) in [6.45, 7) is 2.73. The van der Waals surface area contributed by atoms with Crippen molar-refractivity contribution in [3.8, 4) is 5.75 Å². The number of thioether (sulfide) groups is 1. The van der Waals surface area contributed by atoms with E-state index in [4.69, 9.17) is 10.5 Å². The fourth-order valence-corrected chi connectivity index (χ4v) is 1.28. The number of nitrogens with two attached hydrogens (primary N) is 1. The third-order valence-electron chi connectivity index (χ3n) is 1.71. The average Bonchev–Trinajstić information content (AvgIpc) is 2.09. The first-order valence-electron chi connectivity index (χ1n) is 4.22. The van der Waals surface area contributed by atoms with Gasteiger partial charge in [0.15, 0.2) is 0 Å². The lowest BCUT2D eigenvalue weighted by atomic mass is 10.2. The zero-order chi connectivity index (χ0) is 9.68. The summed E-state index contributed by atoms with van der Waals surface area (Å²) in [6, 6.07) is 5.85. The van der Waals surface area contributed by atoms with E-state index in [1.807, 2.05) is 25.1 Å². The Hall–Kier alpha value is -0.830. The standard InChI is InChI=1S/C10H15NOS/c1-8-3-4-10(9(11)7-8)12-5-6-13-2/h3-4,7H,5-6,11H2,1-2H3. The summed E-state index contributed by atoms with van der Waals surface area (Å²) in [6.07, 6.45) is 2.06. The molecular formula is C10H15NOS. The fraction of sp³-hybridized carbons (Fsp3) is 0.400. The molecule has 0 bridgehead atoms. The molecule has 0 aromatic heterocycles. The second-order valence-electron chi connectivity index (χ2n) is 2.88. The molecule has 1 aromatic rings. The quantitative estimate of drug-likeness (QED) is 0.594. The van der Waals surface area contributed by atoms with E-state index in [9.17, 15) is 0 Å². The highest BCUT2D eigenvalue weighted by Crippen LogP contribution is 2.21. The number of nitrogen functional groups attached to an aromatic ring is 1. The van der Waals surface area contributed by atoms with Crippen LogP contribution in [0, 0.1) is 6.92 Å². The molecule has 1 aromatic carbocycles. The number of hydrogen-bond acceptors (Lipinski definition) is 3. The zero-order valence-electron chi connectivity index (χ0n) is 8.04. The van der Waals surface area contributed by atoms with Crippen molar-refractivity contribution in [3.05, 3.63) is 23.8 Å². The zero-order valence-corrected chi connectivity index (χ0v) is 8.86. The maximum Gasteiger partial charge on any atom is 0.142 e. The van der Waals surface area contributed by atoms with Crippen LogP contribution in [0.4, 0.5) is 5.69 Å². The molecule has 1 rings (SSSR count). The molecule has 0 atom stereocenters. The van der Waals surface area contributed by atoms with E-state index in [0.29, 0.717) is 6.61 Å². The number of aryl methyl sites for hydroxylation is 1. The van der Waals surface area contributed by atoms with E-state index in [1.165, 1.54) is 0 Å². The van der Waals surface area contributed by atoms with Gasteiger partial charge in [-0.3, -0.25) is 0 Å². The SMILES string of the molecule is CSCCOc1ccc(C)cc1N. The molecule has 0 radical (unpaired) electrons. The van der Waals surface area contributed by atoms with E-state index < -0.39 is 0 Å². The second kappa shape index (κ2) is 5.02. The van der Waals surface area contributed by atoms with Crippen LogP contribution in [0.3, 0.4) is 0 Å². The Morgan fingerprint density at radius 3 is 2.85 bits per heavy atom. The molecule has 0 heterocycles. The molecule has 0 spiro atoms. The van der Waals surface area contributed by atoms with E-state index in [0.717, 1.165) is 22.8 Å². The van der Waals surface area contributed by atoms with Crippen LogP contribution < -0.4 is 10.5 Å². The van der Waals surface area contributed by atoms with Crippen LogP contribution in [0.1, 0.15) is 5.56 Å². The average molecular weight is 197 g/mol. The Balaban J connectivity index is 2.56. The van der Waals surface area contributed by atoms with Gasteiger partial charge in [0, 0.05) is 5.75 Å². The highest BCUT2D eigenvalue weighted by molar-refractivity contribution is 7.98. The summed E-state index contributed by atoms with van der Waals surface area (Å²) in [4.78, 5) is 0. The van der Waals surface area contributed by atoms with Gasteiger partial charge in [0.1, 0.15) is 5.75 Å². The maximum absolute atomic E-state index is 5.77. The lowest BCUT2D eigenvalue weighted by molar-refractivity contribution is 0.346. The molecular weight excluding hydrogens is 182 g/mol. The third-order valence-corrected chi connectivity index (χ3v) is 2.29. The number of anilines is 1. The van der Waals surface area contributed by atoms with Crippen molar-refractivity contribution in [1.82, 2.24) is 0 Å². The van der Waals surface area contributed by atoms with Gasteiger partial charge in [0.2, 0.25) is 0 Å². The number of benzene rings is 1. The molecule has 0 aliphatic carbocycles. The van der Waals surface area contributed by atoms with Gasteiger partial charge in [-0.2, -0.15) is 11.8 Å². The molecule has 72 valence electrons. The van der Waals surface area contributed by atoms with E-state index in [1.54, 1.807) is 11.8 Å². The topological polar surface area (TPSA) is 35.2 Å². The highest BCUT2D eigenvalue weighted by atomic mass is 32.2. The van der Waals surface area contributed by atoms with Crippen LogP contribution in [-0.2, 0) is 0 Å². The summed E-state index contributed by atoms with van der Waals surface area (Å²) in [5.41, 5.74) is 7.66. The Bertz CT molecular complexity index is 276. The van der Waals surface area contributed by atoms with Crippen molar-refractivity contribution >= 4 is 17.4 Å². The predicted octanol–water partition coefficient (Wildman–Crippen LogP) is 2.32. The normalized spacial score (nSPS) is 10.0. The van der Waals surface area contributed by atoms with Crippen LogP contribution >= 0.6 is 11.8 Å². The van der Waals surface area contributed by atoms with Crippen molar-refractivity contribution in [2.45, 2.75) is 6.92 Å². The van der Waals surface area contributed by atoms with Gasteiger partial charge in [-0.25, -0.2) is 0 Å². The van der Waals surface area contributed by atoms with Gasteiger partial charge in [0.25, 0.3) is 0 Å². The van der Waals surface area contributed by atoms with E-state index in [-0.39, 0.29) is 0 Å². The lowest BCUT2D eigenvalue weighted by Gasteiger charge is -2.08. The van der Waals surface area contributed by atoms with Crippen LogP contribution in [0.25, 0.3) is 0 Å². The van der Waals surface area contributed by atoms with Crippen LogP contribution in [-0.4, -0.2) is 18.6 Å². The Morgan fingerprint density at radius 2 is 2.23 bits per heavy atom. The summed E-state index contributed by atoms with van der Waals surface area (Å²) in [7, 11) is 0. The molecule has 0 saturated heterocycles. The molecule has 2 N–H and O–H groups in total. The molecule has 0 unspecified atom stereocenters. The fourth-order valence-electron chi connectivity index (χ4n) is 1.03. The van der Waals surface area contributed by atoms with Crippen molar-refractivity contribution in [1.29, 1.82) is 0 Å². The molecule has 0 aliphatic rings. The molecule has 3 heteroatoms. The minimum absolute atomic E-state index is 0.717. The van der Waals surface area contributed by atoms with Crippen molar-refractivity contribution in [2.75, 3.05) is 24.3 Å². The van der Waals surface area contributed by atoms with Gasteiger partial charge in [-0.05, 0) is 30.9 Å². The first kappa shape index (κ1) is 10.3. The Morgan fingerprint density at radius 1 is 1.46 bits per heavy atom. The van der Waals surface area contributed by atoms with Crippen LogP contribution in [0.15, 0.2) is 18.2 Å². The Kier molecular flexibility index (Phi) is 3.96. The van der Waals surface area contributed by atoms with Gasteiger partial charge >= 0.3 is 0 Å². The Labute approximate surface area is 83.5 Å². The first-order valence-corrected chi connectivity index (χ1v) is 5.61. The molecule has 0 saturated carbocycles. The van der Waals surface area contributed by atoms with E-state index in [2.05, 4.69) is 6.26 Å². The summed E-state index contributed by atoms with van der Waals surface area (Å²) in [5.74, 6) is 1.78.